The molecule has 0 radical (unpaired) electrons. The van der Waals surface area contributed by atoms with E-state index in [0.29, 0.717) is 12.1 Å². The minimum Gasteiger partial charge on any atom is -0.396 e. The fourth-order valence-corrected chi connectivity index (χ4v) is 2.93. The predicted molar refractivity (Wildman–Crippen MR) is 61.5 cm³/mol. The molecule has 2 rings (SSSR count). The molecule has 6 nitrogen and oxygen atoms in total. The molecule has 2 aromatic rings. The Kier molecular flexibility index (Phi) is 3.13. The number of benzene rings is 1. The zero-order valence-electron chi connectivity index (χ0n) is 8.59. The van der Waals surface area contributed by atoms with Crippen molar-refractivity contribution in [2.45, 2.75) is 4.90 Å². The minimum atomic E-state index is -4.19. The van der Waals surface area contributed by atoms with Crippen molar-refractivity contribution in [3.8, 4) is 0 Å². The highest BCUT2D eigenvalue weighted by molar-refractivity contribution is 7.93. The van der Waals surface area contributed by atoms with E-state index in [9.17, 15) is 17.2 Å². The highest BCUT2D eigenvalue weighted by Crippen LogP contribution is 2.23. The SMILES string of the molecule is Nc1cc(S(=O)(=O)Nc2cnns2)c(F)cc1F. The van der Waals surface area contributed by atoms with E-state index in [-0.39, 0.29) is 5.00 Å². The lowest BCUT2D eigenvalue weighted by Crippen LogP contribution is -2.14. The molecule has 0 unspecified atom stereocenters. The quantitative estimate of drug-likeness (QED) is 0.828. The first-order valence-electron chi connectivity index (χ1n) is 4.45. The van der Waals surface area contributed by atoms with Crippen molar-refractivity contribution in [1.82, 2.24) is 9.59 Å². The predicted octanol–water partition coefficient (Wildman–Crippen LogP) is 1.20. The van der Waals surface area contributed by atoms with Crippen LogP contribution in [0.3, 0.4) is 0 Å². The molecule has 1 aromatic carbocycles. The van der Waals surface area contributed by atoms with Crippen molar-refractivity contribution in [2.75, 3.05) is 10.5 Å². The van der Waals surface area contributed by atoms with E-state index in [2.05, 4.69) is 9.59 Å². The fraction of sp³-hybridized carbons (Fsp3) is 0. The number of sulfonamides is 1. The van der Waals surface area contributed by atoms with E-state index < -0.39 is 32.2 Å². The number of nitrogens with one attached hydrogen (secondary N) is 1. The summed E-state index contributed by atoms with van der Waals surface area (Å²) in [6.07, 6.45) is 1.16. The molecule has 0 atom stereocenters. The van der Waals surface area contributed by atoms with Gasteiger partial charge in [0.25, 0.3) is 10.0 Å². The van der Waals surface area contributed by atoms with Crippen LogP contribution in [0.5, 0.6) is 0 Å². The summed E-state index contributed by atoms with van der Waals surface area (Å²) >= 11 is 0.779. The maximum atomic E-state index is 13.4. The number of aromatic nitrogens is 2. The van der Waals surface area contributed by atoms with Gasteiger partial charge in [0.15, 0.2) is 0 Å². The van der Waals surface area contributed by atoms with Crippen molar-refractivity contribution in [3.05, 3.63) is 30.0 Å². The second kappa shape index (κ2) is 4.46. The molecule has 96 valence electrons. The van der Waals surface area contributed by atoms with Crippen LogP contribution in [-0.4, -0.2) is 18.0 Å². The number of nitrogens with two attached hydrogens (primary N) is 1. The molecule has 3 N–H and O–H groups in total. The van der Waals surface area contributed by atoms with Gasteiger partial charge in [0.05, 0.1) is 11.9 Å². The van der Waals surface area contributed by atoms with Crippen LogP contribution in [0.25, 0.3) is 0 Å². The molecule has 0 saturated heterocycles. The lowest BCUT2D eigenvalue weighted by molar-refractivity contribution is 0.553. The fourth-order valence-electron chi connectivity index (χ4n) is 1.15. The Balaban J connectivity index is 2.44. The van der Waals surface area contributed by atoms with Crippen LogP contribution in [0, 0.1) is 11.6 Å². The van der Waals surface area contributed by atoms with Gasteiger partial charge in [0, 0.05) is 17.6 Å². The summed E-state index contributed by atoms with van der Waals surface area (Å²) in [5, 5.41) is 3.53. The third-order valence-electron chi connectivity index (χ3n) is 1.94. The molecule has 0 aliphatic carbocycles. The molecular weight excluding hydrogens is 286 g/mol. The van der Waals surface area contributed by atoms with Gasteiger partial charge in [-0.25, -0.2) is 17.2 Å². The Hall–Kier alpha value is -1.81. The monoisotopic (exact) mass is 292 g/mol. The first-order chi connectivity index (χ1) is 8.40. The number of hydrogen-bond acceptors (Lipinski definition) is 6. The molecule has 0 bridgehead atoms. The third kappa shape index (κ3) is 2.38. The molecule has 0 spiro atoms. The van der Waals surface area contributed by atoms with Crippen LogP contribution in [0.15, 0.2) is 23.2 Å². The van der Waals surface area contributed by atoms with Gasteiger partial charge in [0.1, 0.15) is 21.5 Å². The lowest BCUT2D eigenvalue weighted by Gasteiger charge is -2.07. The third-order valence-corrected chi connectivity index (χ3v) is 4.03. The van der Waals surface area contributed by atoms with Crippen LogP contribution in [0.1, 0.15) is 0 Å². The van der Waals surface area contributed by atoms with Crippen molar-refractivity contribution in [1.29, 1.82) is 0 Å². The molecule has 1 heterocycles. The number of anilines is 2. The number of rotatable bonds is 3. The summed E-state index contributed by atoms with van der Waals surface area (Å²) in [4.78, 5) is -0.741. The topological polar surface area (TPSA) is 98.0 Å². The Morgan fingerprint density at radius 2 is 2.00 bits per heavy atom. The summed E-state index contributed by atoms with van der Waals surface area (Å²) in [6.45, 7) is 0. The van der Waals surface area contributed by atoms with Gasteiger partial charge in [-0.1, -0.05) is 4.49 Å². The smallest absolute Gasteiger partial charge is 0.265 e. The highest BCUT2D eigenvalue weighted by atomic mass is 32.2. The van der Waals surface area contributed by atoms with Crippen molar-refractivity contribution in [3.63, 3.8) is 0 Å². The van der Waals surface area contributed by atoms with E-state index in [1.165, 1.54) is 0 Å². The van der Waals surface area contributed by atoms with Crippen molar-refractivity contribution in [2.24, 2.45) is 0 Å². The van der Waals surface area contributed by atoms with Gasteiger partial charge in [-0.05, 0) is 6.07 Å². The molecule has 0 aliphatic heterocycles. The Labute approximate surface area is 105 Å². The van der Waals surface area contributed by atoms with Crippen molar-refractivity contribution < 1.29 is 17.2 Å². The summed E-state index contributed by atoms with van der Waals surface area (Å²) < 4.78 is 55.4. The highest BCUT2D eigenvalue weighted by Gasteiger charge is 2.22. The van der Waals surface area contributed by atoms with E-state index in [1.807, 2.05) is 4.72 Å². The lowest BCUT2D eigenvalue weighted by atomic mass is 10.3. The molecule has 10 heteroatoms. The number of nitrogens with zero attached hydrogens (tertiary/aromatic N) is 2. The van der Waals surface area contributed by atoms with Crippen LogP contribution < -0.4 is 10.5 Å². The van der Waals surface area contributed by atoms with Gasteiger partial charge in [0.2, 0.25) is 0 Å². The van der Waals surface area contributed by atoms with Crippen molar-refractivity contribution >= 4 is 32.2 Å². The summed E-state index contributed by atoms with van der Waals surface area (Å²) in [6, 6.07) is 1.12. The van der Waals surface area contributed by atoms with Crippen LogP contribution in [-0.2, 0) is 10.0 Å². The zero-order valence-corrected chi connectivity index (χ0v) is 10.2. The average Bonchev–Trinajstić information content (AvgIpc) is 2.75. The molecule has 18 heavy (non-hydrogen) atoms. The van der Waals surface area contributed by atoms with Gasteiger partial charge < -0.3 is 5.73 Å². The van der Waals surface area contributed by atoms with Gasteiger partial charge in [-0.2, -0.15) is 0 Å². The summed E-state index contributed by atoms with van der Waals surface area (Å²) in [5.74, 6) is -2.25. The Bertz CT molecular complexity index is 673. The first kappa shape index (κ1) is 12.6. The van der Waals surface area contributed by atoms with E-state index in [1.54, 1.807) is 0 Å². The summed E-state index contributed by atoms with van der Waals surface area (Å²) in [5.41, 5.74) is 4.74. The Morgan fingerprint density at radius 1 is 1.28 bits per heavy atom. The second-order valence-electron chi connectivity index (χ2n) is 3.19. The number of halogens is 2. The maximum absolute atomic E-state index is 13.4. The second-order valence-corrected chi connectivity index (χ2v) is 5.63. The van der Waals surface area contributed by atoms with Crippen LogP contribution in [0.4, 0.5) is 19.5 Å². The van der Waals surface area contributed by atoms with Gasteiger partial charge >= 0.3 is 0 Å². The largest absolute Gasteiger partial charge is 0.396 e. The number of hydrogen-bond donors (Lipinski definition) is 2. The molecule has 0 fully saturated rings. The molecular formula is C8H6F2N4O2S2. The van der Waals surface area contributed by atoms with E-state index in [4.69, 9.17) is 5.73 Å². The van der Waals surface area contributed by atoms with Crippen LogP contribution >= 0.6 is 11.5 Å². The molecule has 0 amide bonds. The normalized spacial score (nSPS) is 11.4. The van der Waals surface area contributed by atoms with E-state index in [0.717, 1.165) is 17.7 Å². The zero-order chi connectivity index (χ0) is 13.3. The molecule has 0 saturated carbocycles. The summed E-state index contributed by atoms with van der Waals surface area (Å²) in [7, 11) is -4.19. The van der Waals surface area contributed by atoms with Crippen LogP contribution in [0.2, 0.25) is 0 Å². The molecule has 0 aliphatic rings. The number of nitrogen functional groups attached to an aromatic ring is 1. The van der Waals surface area contributed by atoms with Gasteiger partial charge in [-0.15, -0.1) is 5.10 Å². The minimum absolute atomic E-state index is 0.109. The maximum Gasteiger partial charge on any atom is 0.265 e. The van der Waals surface area contributed by atoms with E-state index >= 15 is 0 Å². The standard InChI is InChI=1S/C8H6F2N4O2S2/c9-4-1-5(10)7(2-6(4)11)18(15,16)13-8-3-12-14-17-8/h1-3,13H,11H2. The first-order valence-corrected chi connectivity index (χ1v) is 6.70. The Morgan fingerprint density at radius 3 is 2.61 bits per heavy atom. The average molecular weight is 292 g/mol. The van der Waals surface area contributed by atoms with Gasteiger partial charge in [-0.3, -0.25) is 4.72 Å². The molecule has 1 aromatic heterocycles.